The van der Waals surface area contributed by atoms with Crippen LogP contribution in [0.5, 0.6) is 0 Å². The molecule has 64 valence electrons. The molecular formula is C7H10F2O2. The molecule has 1 unspecified atom stereocenters. The quantitative estimate of drug-likeness (QED) is 0.583. The van der Waals surface area contributed by atoms with E-state index in [1.807, 2.05) is 0 Å². The maximum Gasteiger partial charge on any atom is 0.304 e. The third-order valence-electron chi connectivity index (χ3n) is 1.45. The molecule has 1 aliphatic rings. The van der Waals surface area contributed by atoms with Gasteiger partial charge < -0.3 is 9.47 Å². The van der Waals surface area contributed by atoms with E-state index in [2.05, 4.69) is 4.74 Å². The molecule has 0 aliphatic carbocycles. The van der Waals surface area contributed by atoms with Gasteiger partial charge in [-0.2, -0.15) is 8.78 Å². The predicted molar refractivity (Wildman–Crippen MR) is 35.0 cm³/mol. The van der Waals surface area contributed by atoms with Gasteiger partial charge in [0.25, 0.3) is 0 Å². The second-order valence-corrected chi connectivity index (χ2v) is 2.34. The Balaban J connectivity index is 2.19. The van der Waals surface area contributed by atoms with Crippen molar-refractivity contribution in [1.82, 2.24) is 0 Å². The minimum Gasteiger partial charge on any atom is -0.467 e. The Morgan fingerprint density at radius 1 is 1.45 bits per heavy atom. The lowest BCUT2D eigenvalue weighted by Crippen LogP contribution is -2.20. The topological polar surface area (TPSA) is 18.5 Å². The SMILES string of the molecule is FC(F)=COC1CCCCO1. The predicted octanol–water partition coefficient (Wildman–Crippen LogP) is 2.27. The zero-order valence-electron chi connectivity index (χ0n) is 6.06. The standard InChI is InChI=1S/C7H10F2O2/c8-6(9)5-11-7-3-1-2-4-10-7/h5,7H,1-4H2. The molecule has 0 N–H and O–H groups in total. The summed E-state index contributed by atoms with van der Waals surface area (Å²) in [7, 11) is 0. The molecule has 1 rings (SSSR count). The van der Waals surface area contributed by atoms with Gasteiger partial charge in [0.1, 0.15) is 0 Å². The molecule has 1 aliphatic heterocycles. The van der Waals surface area contributed by atoms with Gasteiger partial charge in [0.05, 0.1) is 6.61 Å². The zero-order valence-corrected chi connectivity index (χ0v) is 6.06. The van der Waals surface area contributed by atoms with E-state index in [0.29, 0.717) is 19.3 Å². The Bertz CT molecular complexity index is 137. The van der Waals surface area contributed by atoms with Crippen molar-refractivity contribution in [2.75, 3.05) is 6.61 Å². The summed E-state index contributed by atoms with van der Waals surface area (Å²) in [6.45, 7) is 0.604. The van der Waals surface area contributed by atoms with Crippen molar-refractivity contribution in [1.29, 1.82) is 0 Å². The summed E-state index contributed by atoms with van der Waals surface area (Å²) in [6, 6.07) is 0. The van der Waals surface area contributed by atoms with Crippen LogP contribution in [-0.4, -0.2) is 12.9 Å². The summed E-state index contributed by atoms with van der Waals surface area (Å²) >= 11 is 0. The van der Waals surface area contributed by atoms with Crippen LogP contribution in [0.25, 0.3) is 0 Å². The molecule has 11 heavy (non-hydrogen) atoms. The third-order valence-corrected chi connectivity index (χ3v) is 1.45. The second kappa shape index (κ2) is 4.28. The largest absolute Gasteiger partial charge is 0.467 e. The van der Waals surface area contributed by atoms with E-state index in [1.165, 1.54) is 0 Å². The van der Waals surface area contributed by atoms with E-state index in [1.54, 1.807) is 0 Å². The molecule has 1 saturated heterocycles. The van der Waals surface area contributed by atoms with Crippen LogP contribution in [0.4, 0.5) is 8.78 Å². The van der Waals surface area contributed by atoms with Crippen LogP contribution in [0.3, 0.4) is 0 Å². The first-order valence-electron chi connectivity index (χ1n) is 3.57. The van der Waals surface area contributed by atoms with E-state index < -0.39 is 12.4 Å². The summed E-state index contributed by atoms with van der Waals surface area (Å²) in [5, 5.41) is 0. The van der Waals surface area contributed by atoms with Gasteiger partial charge in [0.15, 0.2) is 12.6 Å². The van der Waals surface area contributed by atoms with Crippen LogP contribution in [0.15, 0.2) is 12.3 Å². The van der Waals surface area contributed by atoms with Gasteiger partial charge in [-0.1, -0.05) is 0 Å². The van der Waals surface area contributed by atoms with E-state index in [4.69, 9.17) is 4.74 Å². The molecule has 0 aromatic heterocycles. The van der Waals surface area contributed by atoms with Crippen molar-refractivity contribution in [2.45, 2.75) is 25.6 Å². The maximum absolute atomic E-state index is 11.5. The van der Waals surface area contributed by atoms with Gasteiger partial charge in [0.2, 0.25) is 0 Å². The zero-order chi connectivity index (χ0) is 8.10. The first-order chi connectivity index (χ1) is 5.29. The van der Waals surface area contributed by atoms with Gasteiger partial charge in [-0.05, 0) is 12.8 Å². The molecule has 0 aromatic carbocycles. The van der Waals surface area contributed by atoms with Crippen molar-refractivity contribution in [3.63, 3.8) is 0 Å². The lowest BCUT2D eigenvalue weighted by molar-refractivity contribution is -0.131. The smallest absolute Gasteiger partial charge is 0.304 e. The fraction of sp³-hybridized carbons (Fsp3) is 0.714. The van der Waals surface area contributed by atoms with Crippen molar-refractivity contribution in [3.05, 3.63) is 12.3 Å². The van der Waals surface area contributed by atoms with Gasteiger partial charge in [-0.25, -0.2) is 0 Å². The summed E-state index contributed by atoms with van der Waals surface area (Å²) < 4.78 is 32.6. The number of ether oxygens (including phenoxy) is 2. The van der Waals surface area contributed by atoms with Crippen molar-refractivity contribution < 1.29 is 18.3 Å². The second-order valence-electron chi connectivity index (χ2n) is 2.34. The normalized spacial score (nSPS) is 24.4. The number of hydrogen-bond donors (Lipinski definition) is 0. The number of rotatable bonds is 2. The lowest BCUT2D eigenvalue weighted by Gasteiger charge is -2.20. The monoisotopic (exact) mass is 164 g/mol. The highest BCUT2D eigenvalue weighted by molar-refractivity contribution is 4.71. The minimum atomic E-state index is -1.82. The molecule has 1 heterocycles. The Kier molecular flexibility index (Phi) is 3.29. The molecule has 0 amide bonds. The van der Waals surface area contributed by atoms with Crippen LogP contribution in [0.2, 0.25) is 0 Å². The van der Waals surface area contributed by atoms with Crippen LogP contribution in [-0.2, 0) is 9.47 Å². The van der Waals surface area contributed by atoms with Crippen molar-refractivity contribution in [2.24, 2.45) is 0 Å². The Labute approximate surface area is 63.8 Å². The van der Waals surface area contributed by atoms with E-state index in [-0.39, 0.29) is 0 Å². The maximum atomic E-state index is 11.5. The number of hydrogen-bond acceptors (Lipinski definition) is 2. The lowest BCUT2D eigenvalue weighted by atomic mass is 10.2. The summed E-state index contributed by atoms with van der Waals surface area (Å²) in [5.74, 6) is 0. The average Bonchev–Trinajstić information content (AvgIpc) is 2.03. The fourth-order valence-electron chi connectivity index (χ4n) is 0.946. The first kappa shape index (κ1) is 8.46. The molecule has 0 spiro atoms. The van der Waals surface area contributed by atoms with Crippen molar-refractivity contribution in [3.8, 4) is 0 Å². The fourth-order valence-corrected chi connectivity index (χ4v) is 0.946. The van der Waals surface area contributed by atoms with E-state index >= 15 is 0 Å². The molecule has 4 heteroatoms. The van der Waals surface area contributed by atoms with Crippen LogP contribution in [0.1, 0.15) is 19.3 Å². The van der Waals surface area contributed by atoms with Gasteiger partial charge in [0, 0.05) is 6.42 Å². The van der Waals surface area contributed by atoms with E-state index in [9.17, 15) is 8.78 Å². The summed E-state index contributed by atoms with van der Waals surface area (Å²) in [6.07, 6.45) is 0.817. The van der Waals surface area contributed by atoms with Gasteiger partial charge in [-0.3, -0.25) is 0 Å². The molecular weight excluding hydrogens is 154 g/mol. The highest BCUT2D eigenvalue weighted by atomic mass is 19.3. The summed E-state index contributed by atoms with van der Waals surface area (Å²) in [4.78, 5) is 0. The highest BCUT2D eigenvalue weighted by Gasteiger charge is 2.13. The van der Waals surface area contributed by atoms with E-state index in [0.717, 1.165) is 12.8 Å². The molecule has 1 atom stereocenters. The van der Waals surface area contributed by atoms with Gasteiger partial charge in [-0.15, -0.1) is 0 Å². The van der Waals surface area contributed by atoms with Gasteiger partial charge >= 0.3 is 6.08 Å². The average molecular weight is 164 g/mol. The Hall–Kier alpha value is -0.640. The van der Waals surface area contributed by atoms with Crippen LogP contribution in [0, 0.1) is 0 Å². The molecule has 0 aromatic rings. The third kappa shape index (κ3) is 3.32. The molecule has 2 nitrogen and oxygen atoms in total. The first-order valence-corrected chi connectivity index (χ1v) is 3.57. The minimum absolute atomic E-state index is 0.440. The summed E-state index contributed by atoms with van der Waals surface area (Å²) in [5.41, 5.74) is 0. The van der Waals surface area contributed by atoms with Crippen LogP contribution >= 0.6 is 0 Å². The van der Waals surface area contributed by atoms with Crippen molar-refractivity contribution >= 4 is 0 Å². The molecule has 0 saturated carbocycles. The Morgan fingerprint density at radius 3 is 2.82 bits per heavy atom. The Morgan fingerprint density at radius 2 is 2.27 bits per heavy atom. The highest BCUT2D eigenvalue weighted by Crippen LogP contribution is 2.14. The molecule has 0 bridgehead atoms. The number of halogens is 2. The molecule has 0 radical (unpaired) electrons. The van der Waals surface area contributed by atoms with Crippen LogP contribution < -0.4 is 0 Å². The molecule has 1 fully saturated rings.